The number of hydrogen-bond donors (Lipinski definition) is 1. The zero-order chi connectivity index (χ0) is 42.2. The first-order valence-corrected chi connectivity index (χ1v) is 20.8. The highest BCUT2D eigenvalue weighted by atomic mass is 31.2. The summed E-state index contributed by atoms with van der Waals surface area (Å²) in [5.41, 5.74) is 1.95. The van der Waals surface area contributed by atoms with Crippen molar-refractivity contribution in [2.24, 2.45) is 0 Å². The molecule has 0 saturated carbocycles. The van der Waals surface area contributed by atoms with E-state index in [1.54, 1.807) is 91.0 Å². The molecule has 0 aliphatic carbocycles. The van der Waals surface area contributed by atoms with Crippen molar-refractivity contribution >= 4 is 31.6 Å². The van der Waals surface area contributed by atoms with Crippen LogP contribution in [0.5, 0.6) is 0 Å². The van der Waals surface area contributed by atoms with Crippen LogP contribution in [0, 0.1) is 0 Å². The van der Waals surface area contributed by atoms with Gasteiger partial charge in [0.05, 0.1) is 36.1 Å². The molecule has 14 nitrogen and oxygen atoms in total. The molecule has 6 rings (SSSR count). The molecule has 5 aromatic rings. The molecule has 60 heavy (non-hydrogen) atoms. The number of carbonyl (C=O) groups excluding carboxylic acids is 4. The van der Waals surface area contributed by atoms with Gasteiger partial charge in [0, 0.05) is 13.7 Å². The lowest BCUT2D eigenvalue weighted by Gasteiger charge is -2.44. The van der Waals surface area contributed by atoms with Gasteiger partial charge in [-0.05, 0) is 47.5 Å². The van der Waals surface area contributed by atoms with Crippen LogP contribution in [0.1, 0.15) is 42.2 Å². The largest absolute Gasteiger partial charge is 0.452 e. The summed E-state index contributed by atoms with van der Waals surface area (Å²) in [5.74, 6) is -2.47. The maximum absolute atomic E-state index is 14.5. The molecule has 6 atom stereocenters. The molecule has 312 valence electrons. The van der Waals surface area contributed by atoms with Gasteiger partial charge in [0.25, 0.3) is 0 Å². The summed E-state index contributed by atoms with van der Waals surface area (Å²) in [7, 11) is -2.84. The van der Waals surface area contributed by atoms with E-state index in [1.165, 1.54) is 43.5 Å². The highest BCUT2D eigenvalue weighted by Crippen LogP contribution is 2.49. The van der Waals surface area contributed by atoms with Crippen molar-refractivity contribution in [2.45, 2.75) is 43.9 Å². The van der Waals surface area contributed by atoms with Crippen LogP contribution < -0.4 is 5.32 Å². The van der Waals surface area contributed by atoms with Gasteiger partial charge in [-0.1, -0.05) is 115 Å². The highest BCUT2D eigenvalue weighted by molar-refractivity contribution is 7.53. The maximum Gasteiger partial charge on any atom is 0.407 e. The van der Waals surface area contributed by atoms with E-state index in [2.05, 4.69) is 5.32 Å². The van der Waals surface area contributed by atoms with Crippen LogP contribution in [0.2, 0.25) is 0 Å². The number of nitrogens with one attached hydrogen (secondary N) is 1. The van der Waals surface area contributed by atoms with E-state index in [0.29, 0.717) is 5.56 Å². The second kappa shape index (κ2) is 21.7. The third-order valence-electron chi connectivity index (χ3n) is 9.16. The molecule has 1 fully saturated rings. The molecule has 0 radical (unpaired) electrons. The minimum absolute atomic E-state index is 0.0196. The number of alkyl carbamates (subject to hydrolysis) is 1. The van der Waals surface area contributed by atoms with Gasteiger partial charge in [-0.3, -0.25) is 4.57 Å². The summed E-state index contributed by atoms with van der Waals surface area (Å²) in [6, 6.07) is 42.2. The molecule has 1 heterocycles. The number of esters is 3. The van der Waals surface area contributed by atoms with Crippen molar-refractivity contribution in [2.75, 3.05) is 26.4 Å². The van der Waals surface area contributed by atoms with Crippen molar-refractivity contribution in [3.8, 4) is 0 Å². The fourth-order valence-electron chi connectivity index (χ4n) is 6.07. The van der Waals surface area contributed by atoms with Gasteiger partial charge in [-0.15, -0.1) is 0 Å². The van der Waals surface area contributed by atoms with Gasteiger partial charge >= 0.3 is 31.6 Å². The standard InChI is InChI=1S/C45H44NO13P/c1-52-44-40(59-43(49)36-25-15-6-16-26-36)39(58-42(48)35-23-13-5-14-24-35)38(57-41(47)34-21-11-4-12-22-34)37(56-44)31-55-60(51,54-30-33-19-9-3-10-20-33)28-27-46-45(50)53-29-32-17-7-2-8-18-32/h2-26,37-40,44H,27-31H2,1H3,(H,46,50)/t37-,38-,39+,40-,44-,60?/m1/s1. The van der Waals surface area contributed by atoms with Crippen molar-refractivity contribution < 1.29 is 61.2 Å². The zero-order valence-corrected chi connectivity index (χ0v) is 33.5. The Hall–Kier alpha value is -6.15. The predicted molar refractivity (Wildman–Crippen MR) is 217 cm³/mol. The van der Waals surface area contributed by atoms with E-state index in [-0.39, 0.29) is 42.6 Å². The zero-order valence-electron chi connectivity index (χ0n) is 32.6. The third kappa shape index (κ3) is 12.4. The Bertz CT molecular complexity index is 2180. The number of benzene rings is 5. The minimum Gasteiger partial charge on any atom is -0.452 e. The normalized spacial score (nSPS) is 19.5. The molecule has 0 aromatic heterocycles. The smallest absolute Gasteiger partial charge is 0.407 e. The quantitative estimate of drug-likeness (QED) is 0.0527. The Kier molecular flexibility index (Phi) is 15.7. The van der Waals surface area contributed by atoms with E-state index in [4.69, 9.17) is 37.5 Å². The van der Waals surface area contributed by atoms with E-state index in [9.17, 15) is 23.7 Å². The molecule has 15 heteroatoms. The van der Waals surface area contributed by atoms with E-state index in [1.807, 2.05) is 24.3 Å². The molecule has 5 aromatic carbocycles. The molecule has 0 spiro atoms. The van der Waals surface area contributed by atoms with Gasteiger partial charge in [-0.25, -0.2) is 19.2 Å². The summed E-state index contributed by atoms with van der Waals surface area (Å²) in [6.45, 7) is -0.848. The second-order valence-corrected chi connectivity index (χ2v) is 15.5. The van der Waals surface area contributed by atoms with Crippen molar-refractivity contribution in [1.29, 1.82) is 0 Å². The average molecular weight is 838 g/mol. The van der Waals surface area contributed by atoms with Gasteiger partial charge in [0.15, 0.2) is 24.6 Å². The summed E-state index contributed by atoms with van der Waals surface area (Å²) < 4.78 is 61.7. The van der Waals surface area contributed by atoms with Crippen LogP contribution in [0.15, 0.2) is 152 Å². The maximum atomic E-state index is 14.5. The molecular formula is C45H44NO13P. The lowest BCUT2D eigenvalue weighted by atomic mass is 9.97. The first kappa shape index (κ1) is 43.4. The Balaban J connectivity index is 1.28. The van der Waals surface area contributed by atoms with Crippen molar-refractivity contribution in [3.05, 3.63) is 179 Å². The first-order valence-electron chi connectivity index (χ1n) is 19.0. The summed E-state index contributed by atoms with van der Waals surface area (Å²) in [6.07, 6.45) is -8.43. The van der Waals surface area contributed by atoms with Crippen LogP contribution >= 0.6 is 7.60 Å². The molecule has 1 aliphatic heterocycles. The van der Waals surface area contributed by atoms with Crippen molar-refractivity contribution in [1.82, 2.24) is 5.32 Å². The highest BCUT2D eigenvalue weighted by Gasteiger charge is 2.53. The van der Waals surface area contributed by atoms with E-state index >= 15 is 0 Å². The molecule has 0 bridgehead atoms. The van der Waals surface area contributed by atoms with Crippen LogP contribution in [-0.2, 0) is 55.2 Å². The molecule has 1 aliphatic rings. The van der Waals surface area contributed by atoms with Crippen LogP contribution in [0.3, 0.4) is 0 Å². The van der Waals surface area contributed by atoms with Crippen LogP contribution in [0.4, 0.5) is 4.79 Å². The number of carbonyl (C=O) groups is 4. The second-order valence-electron chi connectivity index (χ2n) is 13.4. The average Bonchev–Trinajstić information content (AvgIpc) is 3.29. The van der Waals surface area contributed by atoms with E-state index in [0.717, 1.165) is 5.56 Å². The number of rotatable bonds is 18. The fourth-order valence-corrected chi connectivity index (χ4v) is 7.51. The van der Waals surface area contributed by atoms with Gasteiger partial charge in [0.2, 0.25) is 0 Å². The summed E-state index contributed by atoms with van der Waals surface area (Å²) in [4.78, 5) is 53.6. The van der Waals surface area contributed by atoms with Crippen LogP contribution in [-0.4, -0.2) is 81.1 Å². The molecule has 1 saturated heterocycles. The SMILES string of the molecule is CO[C@@H]1O[C@H](COP(=O)(CCNC(=O)OCc2ccccc2)OCc2ccccc2)[C@@H](OC(=O)c2ccccc2)[C@H](OC(=O)c2ccccc2)[C@H]1OC(=O)c1ccccc1. The summed E-state index contributed by atoms with van der Waals surface area (Å²) >= 11 is 0. The minimum atomic E-state index is -4.13. The number of hydrogen-bond acceptors (Lipinski definition) is 13. The molecule has 1 N–H and O–H groups in total. The summed E-state index contributed by atoms with van der Waals surface area (Å²) in [5, 5.41) is 2.58. The number of amides is 1. The first-order chi connectivity index (χ1) is 29.2. The number of methoxy groups -OCH3 is 1. The third-order valence-corrected chi connectivity index (χ3v) is 11.0. The number of ether oxygens (including phenoxy) is 6. The Labute approximate surface area is 347 Å². The topological polar surface area (TPSA) is 171 Å². The van der Waals surface area contributed by atoms with E-state index < -0.39 is 68.9 Å². The predicted octanol–water partition coefficient (Wildman–Crippen LogP) is 7.39. The van der Waals surface area contributed by atoms with Crippen LogP contribution in [0.25, 0.3) is 0 Å². The lowest BCUT2D eigenvalue weighted by Crippen LogP contribution is -2.62. The Morgan fingerprint density at radius 1 is 0.567 bits per heavy atom. The Morgan fingerprint density at radius 2 is 1.00 bits per heavy atom. The lowest BCUT2D eigenvalue weighted by molar-refractivity contribution is -0.291. The fraction of sp³-hybridized carbons (Fsp3) is 0.244. The van der Waals surface area contributed by atoms with Crippen molar-refractivity contribution in [3.63, 3.8) is 0 Å². The molecular weight excluding hydrogens is 793 g/mol. The monoisotopic (exact) mass is 837 g/mol. The van der Waals surface area contributed by atoms with Gasteiger partial charge in [0.1, 0.15) is 12.7 Å². The van der Waals surface area contributed by atoms with Gasteiger partial charge < -0.3 is 42.8 Å². The molecule has 1 unspecified atom stereocenters. The Morgan fingerprint density at radius 3 is 1.48 bits per heavy atom. The molecule has 1 amide bonds. The van der Waals surface area contributed by atoms with Gasteiger partial charge in [-0.2, -0.15) is 0 Å².